The van der Waals surface area contributed by atoms with Crippen molar-refractivity contribution in [2.24, 2.45) is 0 Å². The van der Waals surface area contributed by atoms with Crippen molar-refractivity contribution in [1.29, 1.82) is 0 Å². The monoisotopic (exact) mass is 175 g/mol. The summed E-state index contributed by atoms with van der Waals surface area (Å²) in [6.45, 7) is 3.89. The van der Waals surface area contributed by atoms with Gasteiger partial charge in [-0.3, -0.25) is 0 Å². The molecule has 0 aliphatic rings. The predicted octanol–water partition coefficient (Wildman–Crippen LogP) is 0.846. The summed E-state index contributed by atoms with van der Waals surface area (Å²) >= 11 is 0. The van der Waals surface area contributed by atoms with E-state index in [1.807, 2.05) is 13.8 Å². The first kappa shape index (κ1) is 11.2. The smallest absolute Gasteiger partial charge is 0.409 e. The molecule has 0 rings (SSSR count). The van der Waals surface area contributed by atoms with Crippen LogP contribution in [0.1, 0.15) is 20.3 Å². The third-order valence-electron chi connectivity index (χ3n) is 1.86. The van der Waals surface area contributed by atoms with Crippen LogP contribution in [0.25, 0.3) is 0 Å². The lowest BCUT2D eigenvalue weighted by molar-refractivity contribution is 0.0815. The van der Waals surface area contributed by atoms with Crippen molar-refractivity contribution in [3.63, 3.8) is 0 Å². The van der Waals surface area contributed by atoms with Gasteiger partial charge in [0, 0.05) is 13.1 Å². The first-order valence-electron chi connectivity index (χ1n) is 4.13. The maximum atomic E-state index is 11.1. The molecule has 0 heterocycles. The maximum absolute atomic E-state index is 11.1. The number of hydrogen-bond donors (Lipinski definition) is 1. The SMILES string of the molecule is CCC(C)N(C)C(=O)OCCO. The number of carbonyl (C=O) groups excluding carboxylic acids is 1. The van der Waals surface area contributed by atoms with Crippen molar-refractivity contribution in [1.82, 2.24) is 4.90 Å². The number of rotatable bonds is 4. The molecule has 1 amide bonds. The van der Waals surface area contributed by atoms with E-state index in [0.717, 1.165) is 6.42 Å². The van der Waals surface area contributed by atoms with Gasteiger partial charge in [-0.05, 0) is 13.3 Å². The molecule has 4 nitrogen and oxygen atoms in total. The largest absolute Gasteiger partial charge is 0.447 e. The normalized spacial score (nSPS) is 12.3. The number of ether oxygens (including phenoxy) is 1. The number of nitrogens with zero attached hydrogens (tertiary/aromatic N) is 1. The highest BCUT2D eigenvalue weighted by molar-refractivity contribution is 5.67. The van der Waals surface area contributed by atoms with Gasteiger partial charge < -0.3 is 14.7 Å². The van der Waals surface area contributed by atoms with Gasteiger partial charge in [-0.2, -0.15) is 0 Å². The van der Waals surface area contributed by atoms with Crippen LogP contribution < -0.4 is 0 Å². The van der Waals surface area contributed by atoms with Crippen LogP contribution in [0, 0.1) is 0 Å². The first-order chi connectivity index (χ1) is 5.63. The second-order valence-electron chi connectivity index (χ2n) is 2.71. The van der Waals surface area contributed by atoms with Gasteiger partial charge in [-0.1, -0.05) is 6.92 Å². The molecule has 0 aromatic carbocycles. The third kappa shape index (κ3) is 3.57. The number of carbonyl (C=O) groups is 1. The van der Waals surface area contributed by atoms with E-state index in [9.17, 15) is 4.79 Å². The van der Waals surface area contributed by atoms with E-state index in [0.29, 0.717) is 0 Å². The first-order valence-corrected chi connectivity index (χ1v) is 4.13. The van der Waals surface area contributed by atoms with E-state index in [1.165, 1.54) is 4.90 Å². The zero-order chi connectivity index (χ0) is 9.56. The van der Waals surface area contributed by atoms with Crippen molar-refractivity contribution < 1.29 is 14.6 Å². The minimum absolute atomic E-state index is 0.0691. The topological polar surface area (TPSA) is 49.8 Å². The Bertz CT molecular complexity index is 138. The van der Waals surface area contributed by atoms with Crippen molar-refractivity contribution in [2.75, 3.05) is 20.3 Å². The van der Waals surface area contributed by atoms with Gasteiger partial charge in [-0.15, -0.1) is 0 Å². The molecular formula is C8H17NO3. The Morgan fingerprint density at radius 3 is 2.67 bits per heavy atom. The molecule has 0 aromatic rings. The number of aliphatic hydroxyl groups excluding tert-OH is 1. The zero-order valence-corrected chi connectivity index (χ0v) is 7.91. The second-order valence-corrected chi connectivity index (χ2v) is 2.71. The Morgan fingerprint density at radius 2 is 2.25 bits per heavy atom. The molecule has 72 valence electrons. The van der Waals surface area contributed by atoms with Crippen LogP contribution in [0.4, 0.5) is 4.79 Å². The minimum Gasteiger partial charge on any atom is -0.447 e. The molecule has 0 spiro atoms. The van der Waals surface area contributed by atoms with Gasteiger partial charge in [0.2, 0.25) is 0 Å². The number of aliphatic hydroxyl groups is 1. The molecule has 12 heavy (non-hydrogen) atoms. The van der Waals surface area contributed by atoms with Crippen LogP contribution in [-0.4, -0.2) is 42.4 Å². The summed E-state index contributed by atoms with van der Waals surface area (Å²) in [5.74, 6) is 0. The average molecular weight is 175 g/mol. The molecular weight excluding hydrogens is 158 g/mol. The summed E-state index contributed by atoms with van der Waals surface area (Å²) < 4.78 is 4.71. The highest BCUT2D eigenvalue weighted by Gasteiger charge is 2.14. The fraction of sp³-hybridized carbons (Fsp3) is 0.875. The summed E-state index contributed by atoms with van der Waals surface area (Å²) in [6.07, 6.45) is 0.517. The predicted molar refractivity (Wildman–Crippen MR) is 45.9 cm³/mol. The quantitative estimate of drug-likeness (QED) is 0.689. The summed E-state index contributed by atoms with van der Waals surface area (Å²) in [4.78, 5) is 12.6. The summed E-state index contributed by atoms with van der Waals surface area (Å²) in [5, 5.41) is 8.40. The average Bonchev–Trinajstić information content (AvgIpc) is 2.11. The van der Waals surface area contributed by atoms with Crippen LogP contribution in [0.15, 0.2) is 0 Å². The van der Waals surface area contributed by atoms with Gasteiger partial charge in [-0.25, -0.2) is 4.79 Å². The molecule has 0 bridgehead atoms. The van der Waals surface area contributed by atoms with Crippen LogP contribution in [0.2, 0.25) is 0 Å². The molecule has 0 saturated carbocycles. The molecule has 0 aliphatic carbocycles. The van der Waals surface area contributed by atoms with Gasteiger partial charge >= 0.3 is 6.09 Å². The summed E-state index contributed by atoms with van der Waals surface area (Å²) in [5.41, 5.74) is 0. The standard InChI is InChI=1S/C8H17NO3/c1-4-7(2)9(3)8(11)12-6-5-10/h7,10H,4-6H2,1-3H3. The molecule has 0 radical (unpaired) electrons. The van der Waals surface area contributed by atoms with Crippen LogP contribution in [-0.2, 0) is 4.74 Å². The van der Waals surface area contributed by atoms with E-state index in [4.69, 9.17) is 9.84 Å². The van der Waals surface area contributed by atoms with Crippen LogP contribution >= 0.6 is 0 Å². The molecule has 0 aliphatic heterocycles. The highest BCUT2D eigenvalue weighted by atomic mass is 16.6. The van der Waals surface area contributed by atoms with Crippen molar-refractivity contribution >= 4 is 6.09 Å². The highest BCUT2D eigenvalue weighted by Crippen LogP contribution is 2.01. The third-order valence-corrected chi connectivity index (χ3v) is 1.86. The lowest BCUT2D eigenvalue weighted by Gasteiger charge is -2.22. The van der Waals surface area contributed by atoms with E-state index in [2.05, 4.69) is 0 Å². The Hall–Kier alpha value is -0.770. The molecule has 1 atom stereocenters. The lowest BCUT2D eigenvalue weighted by Crippen LogP contribution is -2.35. The van der Waals surface area contributed by atoms with Crippen LogP contribution in [0.5, 0.6) is 0 Å². The van der Waals surface area contributed by atoms with Gasteiger partial charge in [0.1, 0.15) is 6.61 Å². The number of amides is 1. The lowest BCUT2D eigenvalue weighted by atomic mass is 10.2. The minimum atomic E-state index is -0.376. The molecule has 0 aromatic heterocycles. The molecule has 0 saturated heterocycles. The number of hydrogen-bond acceptors (Lipinski definition) is 3. The van der Waals surface area contributed by atoms with Crippen molar-refractivity contribution in [3.05, 3.63) is 0 Å². The maximum Gasteiger partial charge on any atom is 0.409 e. The van der Waals surface area contributed by atoms with E-state index < -0.39 is 0 Å². The Morgan fingerprint density at radius 1 is 1.67 bits per heavy atom. The van der Waals surface area contributed by atoms with Crippen molar-refractivity contribution in [3.8, 4) is 0 Å². The fourth-order valence-corrected chi connectivity index (χ4v) is 0.689. The summed E-state index contributed by atoms with van der Waals surface area (Å²) in [7, 11) is 1.69. The van der Waals surface area contributed by atoms with E-state index >= 15 is 0 Å². The van der Waals surface area contributed by atoms with Gasteiger partial charge in [0.15, 0.2) is 0 Å². The summed E-state index contributed by atoms with van der Waals surface area (Å²) in [6, 6.07) is 0.177. The van der Waals surface area contributed by atoms with E-state index in [1.54, 1.807) is 7.05 Å². The Balaban J connectivity index is 3.75. The molecule has 4 heteroatoms. The van der Waals surface area contributed by atoms with Crippen molar-refractivity contribution in [2.45, 2.75) is 26.3 Å². The molecule has 1 unspecified atom stereocenters. The molecule has 0 fully saturated rings. The Labute approximate surface area is 73.1 Å². The van der Waals surface area contributed by atoms with Gasteiger partial charge in [0.05, 0.1) is 6.61 Å². The second kappa shape index (κ2) is 5.83. The van der Waals surface area contributed by atoms with E-state index in [-0.39, 0.29) is 25.3 Å². The van der Waals surface area contributed by atoms with Gasteiger partial charge in [0.25, 0.3) is 0 Å². The fourth-order valence-electron chi connectivity index (χ4n) is 0.689. The molecule has 1 N–H and O–H groups in total. The zero-order valence-electron chi connectivity index (χ0n) is 7.91. The Kier molecular flexibility index (Phi) is 5.45. The van der Waals surface area contributed by atoms with Crippen LogP contribution in [0.3, 0.4) is 0 Å².